The van der Waals surface area contributed by atoms with Crippen molar-refractivity contribution in [1.29, 1.82) is 0 Å². The van der Waals surface area contributed by atoms with Crippen molar-refractivity contribution in [3.05, 3.63) is 35.9 Å². The molecule has 1 rings (SSSR count). The molecular weight excluding hydrogens is 222 g/mol. The van der Waals surface area contributed by atoms with Gasteiger partial charge in [-0.25, -0.2) is 13.1 Å². The van der Waals surface area contributed by atoms with Gasteiger partial charge in [-0.05, 0) is 25.3 Å². The average Bonchev–Trinajstić information content (AvgIpc) is 2.27. The van der Waals surface area contributed by atoms with Gasteiger partial charge >= 0.3 is 0 Å². The Balaban J connectivity index is 2.58. The van der Waals surface area contributed by atoms with Crippen molar-refractivity contribution < 1.29 is 8.42 Å². The molecule has 1 N–H and O–H groups in total. The highest BCUT2D eigenvalue weighted by molar-refractivity contribution is 7.90. The van der Waals surface area contributed by atoms with Gasteiger partial charge in [-0.1, -0.05) is 37.3 Å². The Kier molecular flexibility index (Phi) is 4.50. The lowest BCUT2D eigenvalue weighted by molar-refractivity contribution is 0.566. The topological polar surface area (TPSA) is 46.2 Å². The molecule has 1 atom stereocenters. The van der Waals surface area contributed by atoms with Crippen LogP contribution in [0.3, 0.4) is 0 Å². The molecule has 0 aliphatic rings. The van der Waals surface area contributed by atoms with E-state index in [0.29, 0.717) is 6.54 Å². The Hall–Kier alpha value is -0.870. The Bertz CT molecular complexity index is 412. The van der Waals surface area contributed by atoms with Crippen LogP contribution in [0.5, 0.6) is 0 Å². The molecule has 3 nitrogen and oxygen atoms in total. The number of rotatable bonds is 5. The van der Waals surface area contributed by atoms with Crippen LogP contribution in [0.4, 0.5) is 0 Å². The minimum Gasteiger partial charge on any atom is -0.214 e. The van der Waals surface area contributed by atoms with Crippen molar-refractivity contribution in [2.24, 2.45) is 0 Å². The maximum absolute atomic E-state index is 11.6. The highest BCUT2D eigenvalue weighted by atomic mass is 32.2. The van der Waals surface area contributed by atoms with Crippen molar-refractivity contribution in [2.75, 3.05) is 6.54 Å². The van der Waals surface area contributed by atoms with E-state index in [9.17, 15) is 8.42 Å². The van der Waals surface area contributed by atoms with Crippen LogP contribution in [0.2, 0.25) is 0 Å². The molecule has 16 heavy (non-hydrogen) atoms. The summed E-state index contributed by atoms with van der Waals surface area (Å²) in [6.07, 6.45) is 0. The minimum absolute atomic E-state index is 0.190. The quantitative estimate of drug-likeness (QED) is 0.858. The van der Waals surface area contributed by atoms with Crippen LogP contribution in [-0.2, 0) is 10.0 Å². The first kappa shape index (κ1) is 13.2. The van der Waals surface area contributed by atoms with E-state index in [1.54, 1.807) is 13.8 Å². The van der Waals surface area contributed by atoms with Crippen molar-refractivity contribution in [2.45, 2.75) is 31.9 Å². The molecule has 0 bridgehead atoms. The third kappa shape index (κ3) is 3.61. The van der Waals surface area contributed by atoms with Crippen LogP contribution >= 0.6 is 0 Å². The Morgan fingerprint density at radius 3 is 2.19 bits per heavy atom. The fourth-order valence-electron chi connectivity index (χ4n) is 1.31. The molecule has 1 unspecified atom stereocenters. The van der Waals surface area contributed by atoms with Crippen LogP contribution in [0.15, 0.2) is 30.3 Å². The van der Waals surface area contributed by atoms with Gasteiger partial charge in [-0.3, -0.25) is 0 Å². The fourth-order valence-corrected chi connectivity index (χ4v) is 2.12. The summed E-state index contributed by atoms with van der Waals surface area (Å²) in [6, 6.07) is 9.89. The van der Waals surface area contributed by atoms with E-state index in [1.165, 1.54) is 0 Å². The smallest absolute Gasteiger partial charge is 0.213 e. The second-order valence-electron chi connectivity index (χ2n) is 4.25. The lowest BCUT2D eigenvalue weighted by atomic mass is 10.0. The predicted molar refractivity (Wildman–Crippen MR) is 66.9 cm³/mol. The van der Waals surface area contributed by atoms with E-state index in [-0.39, 0.29) is 11.2 Å². The van der Waals surface area contributed by atoms with Gasteiger partial charge in [-0.2, -0.15) is 0 Å². The summed E-state index contributed by atoms with van der Waals surface area (Å²) < 4.78 is 25.7. The first-order valence-electron chi connectivity index (χ1n) is 5.47. The molecule has 4 heteroatoms. The molecule has 1 aromatic carbocycles. The van der Waals surface area contributed by atoms with Gasteiger partial charge in [0.15, 0.2) is 0 Å². The van der Waals surface area contributed by atoms with E-state index in [0.717, 1.165) is 5.56 Å². The molecule has 0 aromatic heterocycles. The Morgan fingerprint density at radius 2 is 1.69 bits per heavy atom. The lowest BCUT2D eigenvalue weighted by Crippen LogP contribution is -2.33. The molecule has 0 heterocycles. The third-order valence-corrected chi connectivity index (χ3v) is 4.39. The number of hydrogen-bond acceptors (Lipinski definition) is 2. The van der Waals surface area contributed by atoms with Crippen molar-refractivity contribution >= 4 is 10.0 Å². The van der Waals surface area contributed by atoms with E-state index in [1.807, 2.05) is 37.3 Å². The van der Waals surface area contributed by atoms with Gasteiger partial charge < -0.3 is 0 Å². The molecule has 0 spiro atoms. The van der Waals surface area contributed by atoms with E-state index in [2.05, 4.69) is 4.72 Å². The monoisotopic (exact) mass is 241 g/mol. The maximum Gasteiger partial charge on any atom is 0.213 e. The molecule has 0 fully saturated rings. The van der Waals surface area contributed by atoms with Gasteiger partial charge in [0.1, 0.15) is 0 Å². The second-order valence-corrected chi connectivity index (χ2v) is 6.58. The molecule has 0 saturated heterocycles. The summed E-state index contributed by atoms with van der Waals surface area (Å²) in [5, 5.41) is -0.379. The lowest BCUT2D eigenvalue weighted by Gasteiger charge is -2.14. The summed E-state index contributed by atoms with van der Waals surface area (Å²) in [5.74, 6) is 0.190. The minimum atomic E-state index is -3.15. The molecule has 1 aromatic rings. The number of sulfonamides is 1. The summed E-state index contributed by atoms with van der Waals surface area (Å²) >= 11 is 0. The molecular formula is C12H19NO2S. The molecule has 0 aliphatic heterocycles. The maximum atomic E-state index is 11.6. The van der Waals surface area contributed by atoms with Crippen LogP contribution in [0.25, 0.3) is 0 Å². The highest BCUT2D eigenvalue weighted by Crippen LogP contribution is 2.13. The summed E-state index contributed by atoms with van der Waals surface area (Å²) in [7, 11) is -3.15. The van der Waals surface area contributed by atoms with Crippen molar-refractivity contribution in [1.82, 2.24) is 4.72 Å². The number of hydrogen-bond donors (Lipinski definition) is 1. The zero-order chi connectivity index (χ0) is 12.2. The number of benzene rings is 1. The summed E-state index contributed by atoms with van der Waals surface area (Å²) in [4.78, 5) is 0. The van der Waals surface area contributed by atoms with E-state index in [4.69, 9.17) is 0 Å². The largest absolute Gasteiger partial charge is 0.214 e. The first-order chi connectivity index (χ1) is 7.43. The van der Waals surface area contributed by atoms with E-state index >= 15 is 0 Å². The number of nitrogens with one attached hydrogen (secondary N) is 1. The molecule has 0 radical (unpaired) electrons. The predicted octanol–water partition coefficient (Wildman–Crippen LogP) is 2.12. The van der Waals surface area contributed by atoms with Crippen molar-refractivity contribution in [3.63, 3.8) is 0 Å². The molecule has 0 amide bonds. The standard InChI is InChI=1S/C12H19NO2S/c1-10(2)16(14,15)13-9-11(3)12-7-5-4-6-8-12/h4-8,10-11,13H,9H2,1-3H3. The molecule has 0 saturated carbocycles. The van der Waals surface area contributed by atoms with Crippen molar-refractivity contribution in [3.8, 4) is 0 Å². The normalized spacial score (nSPS) is 14.0. The molecule has 90 valence electrons. The van der Waals surface area contributed by atoms with Gasteiger partial charge in [0, 0.05) is 6.54 Å². The fraction of sp³-hybridized carbons (Fsp3) is 0.500. The third-order valence-electron chi connectivity index (χ3n) is 2.58. The van der Waals surface area contributed by atoms with Crippen LogP contribution in [0.1, 0.15) is 32.3 Å². The SMILES string of the molecule is CC(CNS(=O)(=O)C(C)C)c1ccccc1. The van der Waals surface area contributed by atoms with Gasteiger partial charge in [0.05, 0.1) is 5.25 Å². The zero-order valence-corrected chi connectivity index (χ0v) is 10.8. The van der Waals surface area contributed by atoms with Crippen LogP contribution in [0, 0.1) is 0 Å². The zero-order valence-electron chi connectivity index (χ0n) is 9.97. The van der Waals surface area contributed by atoms with Gasteiger partial charge in [0.25, 0.3) is 0 Å². The van der Waals surface area contributed by atoms with Crippen LogP contribution in [-0.4, -0.2) is 20.2 Å². The average molecular weight is 241 g/mol. The van der Waals surface area contributed by atoms with Gasteiger partial charge in [-0.15, -0.1) is 0 Å². The summed E-state index contributed by atoms with van der Waals surface area (Å²) in [6.45, 7) is 5.81. The molecule has 0 aliphatic carbocycles. The highest BCUT2D eigenvalue weighted by Gasteiger charge is 2.16. The second kappa shape index (κ2) is 5.46. The first-order valence-corrected chi connectivity index (χ1v) is 7.01. The summed E-state index contributed by atoms with van der Waals surface area (Å²) in [5.41, 5.74) is 1.15. The Morgan fingerprint density at radius 1 is 1.12 bits per heavy atom. The van der Waals surface area contributed by atoms with E-state index < -0.39 is 10.0 Å². The Labute approximate surface area is 97.9 Å². The van der Waals surface area contributed by atoms with Crippen LogP contribution < -0.4 is 4.72 Å². The van der Waals surface area contributed by atoms with Gasteiger partial charge in [0.2, 0.25) is 10.0 Å².